The molecule has 0 atom stereocenters. The minimum absolute atomic E-state index is 0.0523. The molecule has 2 N–H and O–H groups in total. The highest BCUT2D eigenvalue weighted by molar-refractivity contribution is 5.77. The van der Waals surface area contributed by atoms with Crippen LogP contribution in [0.4, 0.5) is 4.79 Å². The van der Waals surface area contributed by atoms with Gasteiger partial charge in [0.2, 0.25) is 0 Å². The fourth-order valence-corrected chi connectivity index (χ4v) is 1.70. The lowest BCUT2D eigenvalue weighted by atomic mass is 10.1. The molecule has 21 heavy (non-hydrogen) atoms. The Morgan fingerprint density at radius 2 is 1.86 bits per heavy atom. The third-order valence-electron chi connectivity index (χ3n) is 2.68. The van der Waals surface area contributed by atoms with Crippen LogP contribution in [0.3, 0.4) is 0 Å². The van der Waals surface area contributed by atoms with Crippen LogP contribution in [0.1, 0.15) is 18.1 Å². The Labute approximate surface area is 124 Å². The van der Waals surface area contributed by atoms with Gasteiger partial charge >= 0.3 is 6.09 Å². The number of carbonyl (C=O) groups excluding carboxylic acids is 2. The van der Waals surface area contributed by atoms with Crippen molar-refractivity contribution in [1.29, 1.82) is 0 Å². The Bertz CT molecular complexity index is 489. The van der Waals surface area contributed by atoms with E-state index in [1.807, 2.05) is 32.0 Å². The molecule has 0 heterocycles. The van der Waals surface area contributed by atoms with E-state index in [-0.39, 0.29) is 12.5 Å². The highest BCUT2D eigenvalue weighted by Crippen LogP contribution is 2.18. The molecule has 1 rings (SSSR count). The first-order chi connectivity index (χ1) is 10.0. The second kappa shape index (κ2) is 8.84. The lowest BCUT2D eigenvalue weighted by molar-refractivity contribution is -0.123. The van der Waals surface area contributed by atoms with E-state index in [1.54, 1.807) is 6.92 Å². The third-order valence-corrected chi connectivity index (χ3v) is 2.68. The van der Waals surface area contributed by atoms with Crippen LogP contribution in [0.15, 0.2) is 18.2 Å². The van der Waals surface area contributed by atoms with Crippen molar-refractivity contribution in [1.82, 2.24) is 10.6 Å². The van der Waals surface area contributed by atoms with E-state index in [0.29, 0.717) is 25.4 Å². The van der Waals surface area contributed by atoms with Gasteiger partial charge in [-0.05, 0) is 32.4 Å². The second-order valence-corrected chi connectivity index (χ2v) is 4.55. The number of hydrogen-bond acceptors (Lipinski definition) is 4. The van der Waals surface area contributed by atoms with E-state index in [2.05, 4.69) is 15.4 Å². The molecule has 0 radical (unpaired) electrons. The standard InChI is InChI=1S/C15H22N2O4/c1-4-20-15(19)17-8-7-16-14(18)10-21-13-6-5-11(2)9-12(13)3/h5-6,9H,4,7-8,10H2,1-3H3,(H,16,18)(H,17,19). The molecule has 0 aliphatic carbocycles. The van der Waals surface area contributed by atoms with E-state index < -0.39 is 6.09 Å². The van der Waals surface area contributed by atoms with Crippen molar-refractivity contribution in [3.8, 4) is 5.75 Å². The predicted octanol–water partition coefficient (Wildman–Crippen LogP) is 1.54. The molecule has 0 fully saturated rings. The highest BCUT2D eigenvalue weighted by Gasteiger charge is 2.05. The van der Waals surface area contributed by atoms with Gasteiger partial charge in [-0.25, -0.2) is 4.79 Å². The summed E-state index contributed by atoms with van der Waals surface area (Å²) in [6.07, 6.45) is -0.488. The number of alkyl carbamates (subject to hydrolysis) is 1. The molecule has 6 heteroatoms. The Kier molecular flexibility index (Phi) is 7.08. The maximum absolute atomic E-state index is 11.6. The monoisotopic (exact) mass is 294 g/mol. The molecule has 0 aromatic heterocycles. The van der Waals surface area contributed by atoms with Gasteiger partial charge in [0, 0.05) is 13.1 Å². The molecule has 6 nitrogen and oxygen atoms in total. The zero-order chi connectivity index (χ0) is 15.7. The van der Waals surface area contributed by atoms with E-state index >= 15 is 0 Å². The van der Waals surface area contributed by atoms with Gasteiger partial charge < -0.3 is 20.1 Å². The minimum Gasteiger partial charge on any atom is -0.484 e. The number of ether oxygens (including phenoxy) is 2. The molecule has 0 aliphatic heterocycles. The van der Waals surface area contributed by atoms with Gasteiger partial charge in [0.05, 0.1) is 6.61 Å². The number of rotatable bonds is 7. The van der Waals surface area contributed by atoms with Crippen LogP contribution in [0.2, 0.25) is 0 Å². The molecule has 1 aromatic rings. The molecule has 0 spiro atoms. The number of aryl methyl sites for hydroxylation is 2. The van der Waals surface area contributed by atoms with Crippen molar-refractivity contribution in [2.75, 3.05) is 26.3 Å². The van der Waals surface area contributed by atoms with E-state index in [1.165, 1.54) is 0 Å². The maximum atomic E-state index is 11.6. The Balaban J connectivity index is 2.21. The first-order valence-corrected chi connectivity index (χ1v) is 6.90. The molecular weight excluding hydrogens is 272 g/mol. The lowest BCUT2D eigenvalue weighted by Gasteiger charge is -2.10. The van der Waals surface area contributed by atoms with Crippen LogP contribution >= 0.6 is 0 Å². The summed E-state index contributed by atoms with van der Waals surface area (Å²) in [5.41, 5.74) is 2.14. The summed E-state index contributed by atoms with van der Waals surface area (Å²) in [6.45, 7) is 6.57. The molecule has 0 saturated carbocycles. The van der Waals surface area contributed by atoms with Crippen LogP contribution in [-0.4, -0.2) is 38.3 Å². The molecule has 2 amide bonds. The highest BCUT2D eigenvalue weighted by atomic mass is 16.5. The Morgan fingerprint density at radius 1 is 1.14 bits per heavy atom. The van der Waals surface area contributed by atoms with Crippen molar-refractivity contribution in [3.05, 3.63) is 29.3 Å². The zero-order valence-corrected chi connectivity index (χ0v) is 12.7. The number of nitrogens with one attached hydrogen (secondary N) is 2. The minimum atomic E-state index is -0.488. The van der Waals surface area contributed by atoms with Gasteiger partial charge in [0.1, 0.15) is 5.75 Å². The summed E-state index contributed by atoms with van der Waals surface area (Å²) in [4.78, 5) is 22.6. The summed E-state index contributed by atoms with van der Waals surface area (Å²) in [5, 5.41) is 5.16. The summed E-state index contributed by atoms with van der Waals surface area (Å²) >= 11 is 0. The van der Waals surface area contributed by atoms with Crippen molar-refractivity contribution in [2.45, 2.75) is 20.8 Å². The molecule has 0 saturated heterocycles. The summed E-state index contributed by atoms with van der Waals surface area (Å²) in [5.74, 6) is 0.459. The molecular formula is C15H22N2O4. The average molecular weight is 294 g/mol. The van der Waals surface area contributed by atoms with Crippen molar-refractivity contribution >= 4 is 12.0 Å². The average Bonchev–Trinajstić information content (AvgIpc) is 2.43. The van der Waals surface area contributed by atoms with Gasteiger partial charge in [-0.15, -0.1) is 0 Å². The number of benzene rings is 1. The van der Waals surface area contributed by atoms with E-state index in [9.17, 15) is 9.59 Å². The fourth-order valence-electron chi connectivity index (χ4n) is 1.70. The first kappa shape index (κ1) is 16.8. The van der Waals surface area contributed by atoms with Gasteiger partial charge in [-0.2, -0.15) is 0 Å². The maximum Gasteiger partial charge on any atom is 0.407 e. The van der Waals surface area contributed by atoms with Crippen molar-refractivity contribution < 1.29 is 19.1 Å². The van der Waals surface area contributed by atoms with Gasteiger partial charge in [0.15, 0.2) is 6.61 Å². The summed E-state index contributed by atoms with van der Waals surface area (Å²) in [7, 11) is 0. The quantitative estimate of drug-likeness (QED) is 0.748. The van der Waals surface area contributed by atoms with Gasteiger partial charge in [-0.3, -0.25) is 4.79 Å². The predicted molar refractivity (Wildman–Crippen MR) is 79.4 cm³/mol. The van der Waals surface area contributed by atoms with Crippen LogP contribution in [0, 0.1) is 13.8 Å². The zero-order valence-electron chi connectivity index (χ0n) is 12.7. The van der Waals surface area contributed by atoms with Gasteiger partial charge in [-0.1, -0.05) is 17.7 Å². The summed E-state index contributed by atoms with van der Waals surface area (Å²) < 4.78 is 10.1. The SMILES string of the molecule is CCOC(=O)NCCNC(=O)COc1ccc(C)cc1C. The fraction of sp³-hybridized carbons (Fsp3) is 0.467. The van der Waals surface area contributed by atoms with Crippen LogP contribution < -0.4 is 15.4 Å². The molecule has 1 aromatic carbocycles. The smallest absolute Gasteiger partial charge is 0.407 e. The normalized spacial score (nSPS) is 9.86. The van der Waals surface area contributed by atoms with Gasteiger partial charge in [0.25, 0.3) is 5.91 Å². The summed E-state index contributed by atoms with van der Waals surface area (Å²) in [6, 6.07) is 5.78. The van der Waals surface area contributed by atoms with Crippen LogP contribution in [0.25, 0.3) is 0 Å². The Morgan fingerprint density at radius 3 is 2.52 bits per heavy atom. The Hall–Kier alpha value is -2.24. The van der Waals surface area contributed by atoms with Crippen LogP contribution in [0.5, 0.6) is 5.75 Å². The molecule has 116 valence electrons. The molecule has 0 bridgehead atoms. The largest absolute Gasteiger partial charge is 0.484 e. The number of hydrogen-bond donors (Lipinski definition) is 2. The van der Waals surface area contributed by atoms with Crippen LogP contribution in [-0.2, 0) is 9.53 Å². The number of amides is 2. The van der Waals surface area contributed by atoms with E-state index in [4.69, 9.17) is 4.74 Å². The topological polar surface area (TPSA) is 76.7 Å². The third kappa shape index (κ3) is 6.65. The van der Waals surface area contributed by atoms with Crippen molar-refractivity contribution in [3.63, 3.8) is 0 Å². The first-order valence-electron chi connectivity index (χ1n) is 6.90. The molecule has 0 aliphatic rings. The lowest BCUT2D eigenvalue weighted by Crippen LogP contribution is -2.37. The van der Waals surface area contributed by atoms with E-state index in [0.717, 1.165) is 11.1 Å². The molecule has 0 unspecified atom stereocenters. The second-order valence-electron chi connectivity index (χ2n) is 4.55. The number of carbonyl (C=O) groups is 2. The van der Waals surface area contributed by atoms with Crippen molar-refractivity contribution in [2.24, 2.45) is 0 Å².